The van der Waals surface area contributed by atoms with Gasteiger partial charge in [-0.15, -0.1) is 11.6 Å². The van der Waals surface area contributed by atoms with Crippen LogP contribution in [0.5, 0.6) is 0 Å². The summed E-state index contributed by atoms with van der Waals surface area (Å²) in [5.41, 5.74) is 0.335. The first kappa shape index (κ1) is 14.8. The van der Waals surface area contributed by atoms with Crippen LogP contribution < -0.4 is 5.32 Å². The Morgan fingerprint density at radius 2 is 2.12 bits per heavy atom. The largest absolute Gasteiger partial charge is 0.351 e. The highest BCUT2D eigenvalue weighted by molar-refractivity contribution is 9.10. The van der Waals surface area contributed by atoms with Crippen molar-refractivity contribution in [3.63, 3.8) is 0 Å². The first-order valence-corrected chi connectivity index (χ1v) is 6.85. The smallest absolute Gasteiger partial charge is 0.252 e. The summed E-state index contributed by atoms with van der Waals surface area (Å²) in [5.74, 6) is 0.300. The second kappa shape index (κ2) is 6.07. The maximum Gasteiger partial charge on any atom is 0.252 e. The van der Waals surface area contributed by atoms with Crippen molar-refractivity contribution in [2.24, 2.45) is 5.41 Å². The molecule has 0 aliphatic carbocycles. The van der Waals surface area contributed by atoms with E-state index in [1.165, 1.54) is 0 Å². The van der Waals surface area contributed by atoms with Gasteiger partial charge in [0.2, 0.25) is 0 Å². The average molecular weight is 339 g/mol. The molecule has 0 saturated carbocycles. The van der Waals surface area contributed by atoms with E-state index in [0.717, 1.165) is 4.47 Å². The van der Waals surface area contributed by atoms with E-state index in [4.69, 9.17) is 23.2 Å². The monoisotopic (exact) mass is 337 g/mol. The van der Waals surface area contributed by atoms with Crippen LogP contribution in [0.3, 0.4) is 0 Å². The van der Waals surface area contributed by atoms with Gasteiger partial charge in [0.15, 0.2) is 0 Å². The van der Waals surface area contributed by atoms with Crippen LogP contribution in [0.15, 0.2) is 22.7 Å². The molecule has 1 N–H and O–H groups in total. The molecule has 0 fully saturated rings. The van der Waals surface area contributed by atoms with Crippen LogP contribution in [-0.2, 0) is 0 Å². The zero-order chi connectivity index (χ0) is 13.1. The minimum atomic E-state index is -0.186. The van der Waals surface area contributed by atoms with Gasteiger partial charge < -0.3 is 5.32 Å². The van der Waals surface area contributed by atoms with Gasteiger partial charge in [-0.2, -0.15) is 0 Å². The summed E-state index contributed by atoms with van der Waals surface area (Å²) in [5, 5.41) is 3.27. The average Bonchev–Trinajstić information content (AvgIpc) is 2.29. The number of rotatable bonds is 4. The minimum absolute atomic E-state index is 0.129. The molecular formula is C12H14BrCl2NO. The van der Waals surface area contributed by atoms with E-state index < -0.39 is 0 Å². The number of amides is 1. The molecule has 0 aliphatic heterocycles. The van der Waals surface area contributed by atoms with Gasteiger partial charge in [-0.25, -0.2) is 0 Å². The molecule has 0 radical (unpaired) electrons. The summed E-state index contributed by atoms with van der Waals surface area (Å²) in [6.07, 6.45) is 0. The topological polar surface area (TPSA) is 29.1 Å². The predicted molar refractivity (Wildman–Crippen MR) is 76.0 cm³/mol. The van der Waals surface area contributed by atoms with E-state index in [-0.39, 0.29) is 11.3 Å². The predicted octanol–water partition coefficient (Wildman–Crippen LogP) is 4.10. The van der Waals surface area contributed by atoms with Crippen LogP contribution in [0.4, 0.5) is 0 Å². The standard InChI is InChI=1S/C12H14BrCl2NO/c1-12(2,6-14)7-16-11(17)9-5-8(13)3-4-10(9)15/h3-5H,6-7H2,1-2H3,(H,16,17). The highest BCUT2D eigenvalue weighted by atomic mass is 79.9. The molecule has 0 aliphatic rings. The molecule has 2 nitrogen and oxygen atoms in total. The molecule has 1 rings (SSSR count). The van der Waals surface area contributed by atoms with Crippen LogP contribution in [-0.4, -0.2) is 18.3 Å². The number of alkyl halides is 1. The van der Waals surface area contributed by atoms with Gasteiger partial charge in [0, 0.05) is 16.9 Å². The third-order valence-corrected chi connectivity index (χ3v) is 3.81. The fourth-order valence-electron chi connectivity index (χ4n) is 1.13. The second-order valence-corrected chi connectivity index (χ2v) is 6.19. The number of carbonyl (C=O) groups excluding carboxylic acids is 1. The number of nitrogens with one attached hydrogen (secondary N) is 1. The van der Waals surface area contributed by atoms with Crippen LogP contribution in [0.2, 0.25) is 5.02 Å². The molecule has 1 aromatic carbocycles. The van der Waals surface area contributed by atoms with Crippen molar-refractivity contribution in [1.82, 2.24) is 5.32 Å². The van der Waals surface area contributed by atoms with Crippen molar-refractivity contribution in [3.05, 3.63) is 33.3 Å². The van der Waals surface area contributed by atoms with Crippen LogP contribution in [0.1, 0.15) is 24.2 Å². The maximum atomic E-state index is 11.9. The molecule has 17 heavy (non-hydrogen) atoms. The lowest BCUT2D eigenvalue weighted by Crippen LogP contribution is -2.35. The normalized spacial score (nSPS) is 11.4. The van der Waals surface area contributed by atoms with Crippen LogP contribution in [0.25, 0.3) is 0 Å². The molecule has 0 unspecified atom stereocenters. The van der Waals surface area contributed by atoms with Gasteiger partial charge in [-0.1, -0.05) is 41.4 Å². The molecule has 1 aromatic rings. The van der Waals surface area contributed by atoms with E-state index >= 15 is 0 Å². The summed E-state index contributed by atoms with van der Waals surface area (Å²) < 4.78 is 0.823. The van der Waals surface area contributed by atoms with Crippen molar-refractivity contribution in [1.29, 1.82) is 0 Å². The number of benzene rings is 1. The second-order valence-electron chi connectivity index (χ2n) is 4.60. The lowest BCUT2D eigenvalue weighted by atomic mass is 9.96. The van der Waals surface area contributed by atoms with E-state index in [1.807, 2.05) is 13.8 Å². The van der Waals surface area contributed by atoms with E-state index in [1.54, 1.807) is 18.2 Å². The molecule has 0 aromatic heterocycles. The molecule has 0 bridgehead atoms. The van der Waals surface area contributed by atoms with Crippen molar-refractivity contribution in [2.45, 2.75) is 13.8 Å². The zero-order valence-electron chi connectivity index (χ0n) is 9.69. The highest BCUT2D eigenvalue weighted by Crippen LogP contribution is 2.21. The van der Waals surface area contributed by atoms with Gasteiger partial charge in [0.25, 0.3) is 5.91 Å². The molecule has 94 valence electrons. The Kier molecular flexibility index (Phi) is 5.29. The molecule has 0 saturated heterocycles. The van der Waals surface area contributed by atoms with Gasteiger partial charge in [0.05, 0.1) is 10.6 Å². The van der Waals surface area contributed by atoms with Gasteiger partial charge in [-0.05, 0) is 23.6 Å². The van der Waals surface area contributed by atoms with E-state index in [0.29, 0.717) is 23.0 Å². The summed E-state index contributed by atoms with van der Waals surface area (Å²) in [7, 11) is 0. The third kappa shape index (κ3) is 4.49. The lowest BCUT2D eigenvalue weighted by molar-refractivity contribution is 0.0940. The third-order valence-electron chi connectivity index (χ3n) is 2.26. The Hall–Kier alpha value is -0.250. The SMILES string of the molecule is CC(C)(CCl)CNC(=O)c1cc(Br)ccc1Cl. The van der Waals surface area contributed by atoms with Crippen molar-refractivity contribution in [2.75, 3.05) is 12.4 Å². The molecule has 0 spiro atoms. The first-order chi connectivity index (χ1) is 7.85. The number of hydrogen-bond acceptors (Lipinski definition) is 1. The van der Waals surface area contributed by atoms with Gasteiger partial charge in [-0.3, -0.25) is 4.79 Å². The summed E-state index contributed by atoms with van der Waals surface area (Å²) in [6, 6.07) is 5.18. The summed E-state index contributed by atoms with van der Waals surface area (Å²) >= 11 is 15.1. The summed E-state index contributed by atoms with van der Waals surface area (Å²) in [6.45, 7) is 4.49. The Morgan fingerprint density at radius 3 is 2.71 bits per heavy atom. The first-order valence-electron chi connectivity index (χ1n) is 5.15. The van der Waals surface area contributed by atoms with Crippen LogP contribution >= 0.6 is 39.1 Å². The van der Waals surface area contributed by atoms with Gasteiger partial charge >= 0.3 is 0 Å². The fraction of sp³-hybridized carbons (Fsp3) is 0.417. The molecule has 0 heterocycles. The van der Waals surface area contributed by atoms with E-state index in [9.17, 15) is 4.79 Å². The quantitative estimate of drug-likeness (QED) is 0.823. The Morgan fingerprint density at radius 1 is 1.47 bits per heavy atom. The number of carbonyl (C=O) groups is 1. The maximum absolute atomic E-state index is 11.9. The number of halogens is 3. The fourth-order valence-corrected chi connectivity index (χ4v) is 1.79. The van der Waals surface area contributed by atoms with Crippen molar-refractivity contribution >= 4 is 45.0 Å². The Labute approximate surface area is 120 Å². The van der Waals surface area contributed by atoms with Crippen molar-refractivity contribution in [3.8, 4) is 0 Å². The minimum Gasteiger partial charge on any atom is -0.351 e. The summed E-state index contributed by atoms with van der Waals surface area (Å²) in [4.78, 5) is 11.9. The Balaban J connectivity index is 2.74. The van der Waals surface area contributed by atoms with Crippen molar-refractivity contribution < 1.29 is 4.79 Å². The van der Waals surface area contributed by atoms with Crippen LogP contribution in [0, 0.1) is 5.41 Å². The molecule has 1 amide bonds. The lowest BCUT2D eigenvalue weighted by Gasteiger charge is -2.21. The Bertz CT molecular complexity index is 421. The molecule has 0 atom stereocenters. The molecular weight excluding hydrogens is 325 g/mol. The van der Waals surface area contributed by atoms with E-state index in [2.05, 4.69) is 21.2 Å². The molecule has 5 heteroatoms. The van der Waals surface area contributed by atoms with Gasteiger partial charge in [0.1, 0.15) is 0 Å². The zero-order valence-corrected chi connectivity index (χ0v) is 12.8. The highest BCUT2D eigenvalue weighted by Gasteiger charge is 2.19. The number of hydrogen-bond donors (Lipinski definition) is 1.